The summed E-state index contributed by atoms with van der Waals surface area (Å²) in [6.45, 7) is 8.63. The largest absolute Gasteiger partial charge is 0.256 e. The number of nitrogens with zero attached hydrogens (tertiary/aromatic N) is 1. The number of benzene rings is 1. The minimum atomic E-state index is 1.07. The van der Waals surface area contributed by atoms with Gasteiger partial charge in [-0.3, -0.25) is 4.98 Å². The normalized spacial score (nSPS) is 10.5. The molecule has 0 saturated heterocycles. The Morgan fingerprint density at radius 2 is 1.88 bits per heavy atom. The highest BCUT2D eigenvalue weighted by Crippen LogP contribution is 2.25. The SMILES string of the molecule is CC(C)=C(C)c1cc2ncccc2cc1C. The van der Waals surface area contributed by atoms with Crippen LogP contribution in [0.15, 0.2) is 36.0 Å². The lowest BCUT2D eigenvalue weighted by molar-refractivity contribution is 1.33. The zero-order chi connectivity index (χ0) is 11.7. The predicted octanol–water partition coefficient (Wildman–Crippen LogP) is 4.36. The summed E-state index contributed by atoms with van der Waals surface area (Å²) in [4.78, 5) is 4.40. The molecule has 0 aliphatic carbocycles. The van der Waals surface area contributed by atoms with Crippen LogP contribution in [0.5, 0.6) is 0 Å². The van der Waals surface area contributed by atoms with Crippen LogP contribution in [0.2, 0.25) is 0 Å². The Balaban J connectivity index is 2.73. The molecule has 0 aliphatic heterocycles. The molecule has 1 aromatic carbocycles. The van der Waals surface area contributed by atoms with Crippen LogP contribution in [0.25, 0.3) is 16.5 Å². The van der Waals surface area contributed by atoms with Crippen molar-refractivity contribution >= 4 is 16.5 Å². The van der Waals surface area contributed by atoms with E-state index in [1.807, 2.05) is 12.3 Å². The van der Waals surface area contributed by atoms with Gasteiger partial charge >= 0.3 is 0 Å². The average Bonchev–Trinajstić information content (AvgIpc) is 2.27. The van der Waals surface area contributed by atoms with E-state index in [4.69, 9.17) is 0 Å². The number of rotatable bonds is 1. The van der Waals surface area contributed by atoms with Crippen molar-refractivity contribution in [3.05, 3.63) is 47.2 Å². The van der Waals surface area contributed by atoms with Crippen molar-refractivity contribution in [2.45, 2.75) is 27.7 Å². The Bertz CT molecular complexity index is 561. The van der Waals surface area contributed by atoms with E-state index in [2.05, 4.69) is 50.9 Å². The van der Waals surface area contributed by atoms with Crippen LogP contribution in [0.1, 0.15) is 31.9 Å². The molecule has 0 radical (unpaired) electrons. The first-order valence-corrected chi connectivity index (χ1v) is 5.59. The number of hydrogen-bond donors (Lipinski definition) is 0. The molecule has 2 aromatic rings. The zero-order valence-corrected chi connectivity index (χ0v) is 10.3. The summed E-state index contributed by atoms with van der Waals surface area (Å²) in [6.07, 6.45) is 1.85. The minimum Gasteiger partial charge on any atom is -0.256 e. The lowest BCUT2D eigenvalue weighted by Gasteiger charge is -2.10. The second kappa shape index (κ2) is 4.09. The van der Waals surface area contributed by atoms with Crippen LogP contribution in [0.4, 0.5) is 0 Å². The number of hydrogen-bond acceptors (Lipinski definition) is 1. The van der Waals surface area contributed by atoms with Gasteiger partial charge in [-0.25, -0.2) is 0 Å². The average molecular weight is 211 g/mol. The van der Waals surface area contributed by atoms with Gasteiger partial charge in [-0.1, -0.05) is 11.6 Å². The van der Waals surface area contributed by atoms with E-state index in [-0.39, 0.29) is 0 Å². The summed E-state index contributed by atoms with van der Waals surface area (Å²) in [5, 5.41) is 1.21. The highest BCUT2D eigenvalue weighted by atomic mass is 14.6. The van der Waals surface area contributed by atoms with Gasteiger partial charge < -0.3 is 0 Å². The van der Waals surface area contributed by atoms with Crippen LogP contribution < -0.4 is 0 Å². The molecule has 0 saturated carbocycles. The van der Waals surface area contributed by atoms with Gasteiger partial charge in [-0.15, -0.1) is 0 Å². The van der Waals surface area contributed by atoms with E-state index < -0.39 is 0 Å². The van der Waals surface area contributed by atoms with Crippen molar-refractivity contribution in [1.82, 2.24) is 4.98 Å². The molecule has 0 spiro atoms. The van der Waals surface area contributed by atoms with Gasteiger partial charge in [-0.2, -0.15) is 0 Å². The number of aryl methyl sites for hydroxylation is 1. The summed E-state index contributed by atoms with van der Waals surface area (Å²) in [5.74, 6) is 0. The van der Waals surface area contributed by atoms with Crippen LogP contribution >= 0.6 is 0 Å². The van der Waals surface area contributed by atoms with E-state index in [1.54, 1.807) is 0 Å². The summed E-state index contributed by atoms with van der Waals surface area (Å²) in [7, 11) is 0. The molecule has 0 atom stereocenters. The van der Waals surface area contributed by atoms with Gasteiger partial charge in [0.05, 0.1) is 5.52 Å². The zero-order valence-electron chi connectivity index (χ0n) is 10.3. The molecule has 0 N–H and O–H groups in total. The maximum atomic E-state index is 4.40. The first kappa shape index (κ1) is 10.9. The third-order valence-corrected chi connectivity index (χ3v) is 3.10. The summed E-state index contributed by atoms with van der Waals surface area (Å²) in [6, 6.07) is 8.49. The first-order valence-electron chi connectivity index (χ1n) is 5.59. The van der Waals surface area contributed by atoms with Crippen molar-refractivity contribution in [2.24, 2.45) is 0 Å². The van der Waals surface area contributed by atoms with Gasteiger partial charge in [0.25, 0.3) is 0 Å². The fraction of sp³-hybridized carbons (Fsp3) is 0.267. The molecular weight excluding hydrogens is 194 g/mol. The van der Waals surface area contributed by atoms with Crippen molar-refractivity contribution in [1.29, 1.82) is 0 Å². The Morgan fingerprint density at radius 3 is 2.56 bits per heavy atom. The summed E-state index contributed by atoms with van der Waals surface area (Å²) < 4.78 is 0. The molecule has 1 aromatic heterocycles. The second-order valence-corrected chi connectivity index (χ2v) is 4.49. The molecule has 1 nitrogen and oxygen atoms in total. The number of allylic oxidation sites excluding steroid dienone is 2. The molecule has 0 aliphatic rings. The Kier molecular flexibility index (Phi) is 2.78. The fourth-order valence-corrected chi connectivity index (χ4v) is 1.91. The lowest BCUT2D eigenvalue weighted by atomic mass is 9.96. The Hall–Kier alpha value is -1.63. The quantitative estimate of drug-likeness (QED) is 0.683. The molecule has 0 bridgehead atoms. The van der Waals surface area contributed by atoms with Gasteiger partial charge in [0.2, 0.25) is 0 Å². The van der Waals surface area contributed by atoms with Crippen LogP contribution in [-0.2, 0) is 0 Å². The highest BCUT2D eigenvalue weighted by molar-refractivity contribution is 5.84. The summed E-state index contributed by atoms with van der Waals surface area (Å²) in [5.41, 5.74) is 6.41. The van der Waals surface area contributed by atoms with Crippen molar-refractivity contribution in [3.63, 3.8) is 0 Å². The first-order chi connectivity index (χ1) is 7.59. The Labute approximate surface area is 96.8 Å². The second-order valence-electron chi connectivity index (χ2n) is 4.49. The van der Waals surface area contributed by atoms with Crippen LogP contribution in [0, 0.1) is 6.92 Å². The topological polar surface area (TPSA) is 12.9 Å². The van der Waals surface area contributed by atoms with Gasteiger partial charge in [0.15, 0.2) is 0 Å². The van der Waals surface area contributed by atoms with Gasteiger partial charge in [-0.05, 0) is 62.6 Å². The van der Waals surface area contributed by atoms with Crippen molar-refractivity contribution < 1.29 is 0 Å². The molecular formula is C15H17N. The smallest absolute Gasteiger partial charge is 0.0708 e. The third kappa shape index (κ3) is 1.85. The maximum absolute atomic E-state index is 4.40. The van der Waals surface area contributed by atoms with E-state index in [1.165, 1.54) is 27.7 Å². The van der Waals surface area contributed by atoms with Gasteiger partial charge in [0, 0.05) is 11.6 Å². The van der Waals surface area contributed by atoms with E-state index in [0.29, 0.717) is 0 Å². The predicted molar refractivity (Wildman–Crippen MR) is 70.4 cm³/mol. The molecule has 0 fully saturated rings. The van der Waals surface area contributed by atoms with E-state index in [0.717, 1.165) is 5.52 Å². The molecule has 16 heavy (non-hydrogen) atoms. The highest BCUT2D eigenvalue weighted by Gasteiger charge is 2.04. The number of fused-ring (bicyclic) bond motifs is 1. The van der Waals surface area contributed by atoms with E-state index in [9.17, 15) is 0 Å². The molecule has 1 heterocycles. The molecule has 82 valence electrons. The molecule has 0 amide bonds. The molecule has 0 unspecified atom stereocenters. The number of pyridine rings is 1. The Morgan fingerprint density at radius 1 is 1.12 bits per heavy atom. The van der Waals surface area contributed by atoms with Crippen molar-refractivity contribution in [2.75, 3.05) is 0 Å². The van der Waals surface area contributed by atoms with Crippen LogP contribution in [-0.4, -0.2) is 4.98 Å². The minimum absolute atomic E-state index is 1.07. The third-order valence-electron chi connectivity index (χ3n) is 3.10. The summed E-state index contributed by atoms with van der Waals surface area (Å²) >= 11 is 0. The monoisotopic (exact) mass is 211 g/mol. The van der Waals surface area contributed by atoms with Crippen LogP contribution in [0.3, 0.4) is 0 Å². The molecule has 1 heteroatoms. The van der Waals surface area contributed by atoms with Gasteiger partial charge in [0.1, 0.15) is 0 Å². The number of aromatic nitrogens is 1. The van der Waals surface area contributed by atoms with E-state index >= 15 is 0 Å². The fourth-order valence-electron chi connectivity index (χ4n) is 1.91. The lowest BCUT2D eigenvalue weighted by Crippen LogP contribution is -1.89. The standard InChI is InChI=1S/C15H17N/c1-10(2)12(4)14-9-15-13(8-11(14)3)6-5-7-16-15/h5-9H,1-4H3. The molecule has 2 rings (SSSR count). The van der Waals surface area contributed by atoms with Crippen molar-refractivity contribution in [3.8, 4) is 0 Å². The maximum Gasteiger partial charge on any atom is 0.0708 e.